The molecule has 2 rings (SSSR count). The zero-order valence-electron chi connectivity index (χ0n) is 11.9. The molecule has 0 bridgehead atoms. The lowest BCUT2D eigenvalue weighted by molar-refractivity contribution is -0.146. The Morgan fingerprint density at radius 2 is 1.39 bits per heavy atom. The molecule has 0 aliphatic rings. The van der Waals surface area contributed by atoms with Gasteiger partial charge in [0.25, 0.3) is 0 Å². The molecule has 0 amide bonds. The average molecular weight is 338 g/mol. The van der Waals surface area contributed by atoms with E-state index in [0.717, 1.165) is 0 Å². The molecule has 122 valence electrons. The fraction of sp³-hybridized carbons (Fsp3) is 0.133. The Bertz CT molecular complexity index is 629. The van der Waals surface area contributed by atoms with Gasteiger partial charge < -0.3 is 23.8 Å². The van der Waals surface area contributed by atoms with E-state index in [1.165, 1.54) is 24.3 Å². The molecule has 7 nitrogen and oxygen atoms in total. The molecule has 1 unspecified atom stereocenters. The van der Waals surface area contributed by atoms with Crippen LogP contribution in [0.3, 0.4) is 0 Å². The fourth-order valence-electron chi connectivity index (χ4n) is 1.52. The van der Waals surface area contributed by atoms with E-state index in [2.05, 4.69) is 4.52 Å². The molecule has 23 heavy (non-hydrogen) atoms. The summed E-state index contributed by atoms with van der Waals surface area (Å²) in [5, 5.41) is 18.0. The maximum atomic E-state index is 12.7. The van der Waals surface area contributed by atoms with Crippen molar-refractivity contribution in [3.63, 3.8) is 0 Å². The van der Waals surface area contributed by atoms with E-state index in [1.54, 1.807) is 36.4 Å². The van der Waals surface area contributed by atoms with Crippen molar-refractivity contribution in [1.82, 2.24) is 0 Å². The van der Waals surface area contributed by atoms with Crippen LogP contribution in [0.2, 0.25) is 0 Å². The Morgan fingerprint density at radius 3 is 1.78 bits per heavy atom. The number of hydrogen-bond donors (Lipinski definition) is 2. The Labute approximate surface area is 132 Å². The second-order valence-electron chi connectivity index (χ2n) is 4.36. The molecule has 0 aliphatic heterocycles. The summed E-state index contributed by atoms with van der Waals surface area (Å²) in [6.07, 6.45) is -1.85. The maximum absolute atomic E-state index is 12.7. The van der Waals surface area contributed by atoms with Crippen LogP contribution in [0.5, 0.6) is 11.5 Å². The van der Waals surface area contributed by atoms with Crippen LogP contribution in [0.25, 0.3) is 0 Å². The molecular weight excluding hydrogens is 323 g/mol. The van der Waals surface area contributed by atoms with Gasteiger partial charge in [-0.2, -0.15) is 4.57 Å². The second kappa shape index (κ2) is 7.78. The second-order valence-corrected chi connectivity index (χ2v) is 5.81. The zero-order valence-corrected chi connectivity index (χ0v) is 12.8. The third-order valence-corrected chi connectivity index (χ3v) is 3.84. The molecule has 2 aromatic rings. The Hall–Kier alpha value is -2.34. The van der Waals surface area contributed by atoms with Crippen LogP contribution in [-0.2, 0) is 13.9 Å². The van der Waals surface area contributed by atoms with Crippen molar-refractivity contribution < 1.29 is 33.1 Å². The van der Waals surface area contributed by atoms with Crippen molar-refractivity contribution in [3.05, 3.63) is 60.7 Å². The van der Waals surface area contributed by atoms with Crippen molar-refractivity contribution in [2.75, 3.05) is 6.61 Å². The number of carbonyl (C=O) groups is 1. The molecule has 0 aromatic heterocycles. The number of carbonyl (C=O) groups excluding carboxylic acids is 1. The van der Waals surface area contributed by atoms with Crippen molar-refractivity contribution in [2.45, 2.75) is 6.10 Å². The third-order valence-electron chi connectivity index (χ3n) is 2.57. The molecule has 2 aromatic carbocycles. The van der Waals surface area contributed by atoms with Gasteiger partial charge in [-0.1, -0.05) is 36.4 Å². The first kappa shape index (κ1) is 17.0. The fourth-order valence-corrected chi connectivity index (χ4v) is 2.74. The number of benzene rings is 2. The van der Waals surface area contributed by atoms with E-state index in [-0.39, 0.29) is 11.5 Å². The number of aliphatic hydroxyl groups is 2. The SMILES string of the molecule is O=C(OP(=O)(Oc1ccccc1)Oc1ccccc1)C(O)CO. The molecular formula is C15H15O7P. The maximum Gasteiger partial charge on any atom is 0.649 e. The van der Waals surface area contributed by atoms with Crippen molar-refractivity contribution in [3.8, 4) is 11.5 Å². The van der Waals surface area contributed by atoms with Gasteiger partial charge in [-0.3, -0.25) is 0 Å². The number of phosphoric acid groups is 1. The lowest BCUT2D eigenvalue weighted by atomic mass is 10.3. The highest BCUT2D eigenvalue weighted by molar-refractivity contribution is 7.50. The molecule has 0 spiro atoms. The van der Waals surface area contributed by atoms with Gasteiger partial charge in [-0.05, 0) is 24.3 Å². The van der Waals surface area contributed by atoms with Gasteiger partial charge in [0.15, 0.2) is 6.10 Å². The van der Waals surface area contributed by atoms with E-state index in [9.17, 15) is 14.5 Å². The monoisotopic (exact) mass is 338 g/mol. The zero-order chi connectivity index (χ0) is 16.7. The molecule has 0 aliphatic carbocycles. The lowest BCUT2D eigenvalue weighted by Crippen LogP contribution is -2.27. The van der Waals surface area contributed by atoms with Crippen molar-refractivity contribution in [1.29, 1.82) is 0 Å². The van der Waals surface area contributed by atoms with Crippen molar-refractivity contribution in [2.24, 2.45) is 0 Å². The molecule has 2 N–H and O–H groups in total. The minimum Gasteiger partial charge on any atom is -0.393 e. The average Bonchev–Trinajstić information content (AvgIpc) is 2.55. The van der Waals surface area contributed by atoms with Crippen LogP contribution >= 0.6 is 7.82 Å². The van der Waals surface area contributed by atoms with Crippen LogP contribution in [0.1, 0.15) is 0 Å². The van der Waals surface area contributed by atoms with Crippen LogP contribution < -0.4 is 9.05 Å². The van der Waals surface area contributed by atoms with Crippen LogP contribution in [-0.4, -0.2) is 28.9 Å². The molecule has 0 radical (unpaired) electrons. The van der Waals surface area contributed by atoms with Gasteiger partial charge >= 0.3 is 13.8 Å². The Morgan fingerprint density at radius 1 is 0.957 bits per heavy atom. The molecule has 0 fully saturated rings. The van der Waals surface area contributed by atoms with Gasteiger partial charge in [0, 0.05) is 0 Å². The number of para-hydroxylation sites is 2. The molecule has 8 heteroatoms. The first-order valence-corrected chi connectivity index (χ1v) is 8.10. The first-order valence-electron chi connectivity index (χ1n) is 6.64. The third kappa shape index (κ3) is 5.10. The quantitative estimate of drug-likeness (QED) is 0.746. The van der Waals surface area contributed by atoms with E-state index >= 15 is 0 Å². The van der Waals surface area contributed by atoms with Gasteiger partial charge in [0.05, 0.1) is 6.61 Å². The summed E-state index contributed by atoms with van der Waals surface area (Å²) in [5.74, 6) is -1.01. The molecule has 0 heterocycles. The highest BCUT2D eigenvalue weighted by Crippen LogP contribution is 2.49. The summed E-state index contributed by atoms with van der Waals surface area (Å²) in [4.78, 5) is 11.6. The predicted molar refractivity (Wildman–Crippen MR) is 80.9 cm³/mol. The van der Waals surface area contributed by atoms with E-state index in [4.69, 9.17) is 14.2 Å². The summed E-state index contributed by atoms with van der Waals surface area (Å²) < 4.78 is 27.7. The van der Waals surface area contributed by atoms with Crippen LogP contribution in [0.15, 0.2) is 60.7 Å². The molecule has 0 saturated carbocycles. The van der Waals surface area contributed by atoms with Gasteiger partial charge in [0.2, 0.25) is 0 Å². The summed E-state index contributed by atoms with van der Waals surface area (Å²) in [7, 11) is -4.41. The number of rotatable bonds is 7. The normalized spacial score (nSPS) is 12.3. The van der Waals surface area contributed by atoms with E-state index in [0.29, 0.717) is 0 Å². The summed E-state index contributed by atoms with van der Waals surface area (Å²) in [6, 6.07) is 16.0. The first-order chi connectivity index (χ1) is 11.0. The smallest absolute Gasteiger partial charge is 0.393 e. The topological polar surface area (TPSA) is 102 Å². The van der Waals surface area contributed by atoms with E-state index < -0.39 is 26.5 Å². The molecule has 0 saturated heterocycles. The minimum absolute atomic E-state index is 0.151. The minimum atomic E-state index is -4.41. The Kier molecular flexibility index (Phi) is 5.76. The van der Waals surface area contributed by atoms with Gasteiger partial charge in [-0.15, -0.1) is 0 Å². The summed E-state index contributed by atoms with van der Waals surface area (Å²) in [6.45, 7) is -0.879. The van der Waals surface area contributed by atoms with Crippen molar-refractivity contribution >= 4 is 13.8 Å². The lowest BCUT2D eigenvalue weighted by Gasteiger charge is -2.19. The van der Waals surface area contributed by atoms with Crippen LogP contribution in [0.4, 0.5) is 0 Å². The highest BCUT2D eigenvalue weighted by Gasteiger charge is 2.37. The van der Waals surface area contributed by atoms with Gasteiger partial charge in [-0.25, -0.2) is 4.79 Å². The standard InChI is InChI=1S/C15H15O7P/c16-11-14(17)15(18)22-23(19,20-12-7-3-1-4-8-12)21-13-9-5-2-6-10-13/h1-10,14,16-17H,11H2. The number of phosphoric ester groups is 1. The predicted octanol–water partition coefficient (Wildman–Crippen LogP) is 2.15. The van der Waals surface area contributed by atoms with E-state index in [1.807, 2.05) is 0 Å². The number of aliphatic hydroxyl groups excluding tert-OH is 2. The number of hydrogen-bond acceptors (Lipinski definition) is 7. The Balaban J connectivity index is 2.22. The largest absolute Gasteiger partial charge is 0.649 e. The highest BCUT2D eigenvalue weighted by atomic mass is 31.2. The summed E-state index contributed by atoms with van der Waals surface area (Å²) >= 11 is 0. The van der Waals surface area contributed by atoms with Crippen LogP contribution in [0, 0.1) is 0 Å². The summed E-state index contributed by atoms with van der Waals surface area (Å²) in [5.41, 5.74) is 0. The molecule has 1 atom stereocenters. The van der Waals surface area contributed by atoms with Gasteiger partial charge in [0.1, 0.15) is 11.5 Å².